The number of aliphatic hydroxyl groups is 1. The van der Waals surface area contributed by atoms with Crippen molar-refractivity contribution in [3.8, 4) is 0 Å². The number of furan rings is 1. The van der Waals surface area contributed by atoms with Gasteiger partial charge < -0.3 is 20.2 Å². The lowest BCUT2D eigenvalue weighted by molar-refractivity contribution is -0.140. The van der Waals surface area contributed by atoms with Crippen LogP contribution in [0.15, 0.2) is 40.3 Å². The van der Waals surface area contributed by atoms with Gasteiger partial charge in [-0.05, 0) is 36.4 Å². The van der Waals surface area contributed by atoms with Gasteiger partial charge >= 0.3 is 11.8 Å². The average Bonchev–Trinajstić information content (AvgIpc) is 3.32. The molecule has 0 aliphatic heterocycles. The molecular weight excluding hydrogens is 352 g/mol. The molecule has 0 bridgehead atoms. The molecule has 6 nitrogen and oxygen atoms in total. The molecule has 0 spiro atoms. The summed E-state index contributed by atoms with van der Waals surface area (Å²) < 4.78 is 5.36. The van der Waals surface area contributed by atoms with Crippen LogP contribution in [0.1, 0.15) is 49.2 Å². The standard InChI is InChI=1S/C19H24N2O4S/c22-17(18(23)21-14-7-3-1-2-4-8-14)20-13-19(24,15-9-5-11-25-15)16-10-6-12-26-16/h5-6,9-12,14,24H,1-4,7-8,13H2,(H,20,22)(H,21,23). The highest BCUT2D eigenvalue weighted by Crippen LogP contribution is 2.32. The van der Waals surface area contributed by atoms with Crippen molar-refractivity contribution < 1.29 is 19.1 Å². The highest BCUT2D eigenvalue weighted by atomic mass is 32.1. The molecule has 2 aromatic rings. The van der Waals surface area contributed by atoms with E-state index in [9.17, 15) is 14.7 Å². The Morgan fingerprint density at radius 1 is 1.15 bits per heavy atom. The third-order valence-electron chi connectivity index (χ3n) is 4.76. The summed E-state index contributed by atoms with van der Waals surface area (Å²) in [5.74, 6) is -1.06. The molecule has 7 heteroatoms. The Bertz CT molecular complexity index is 670. The van der Waals surface area contributed by atoms with Crippen LogP contribution in [0.3, 0.4) is 0 Å². The van der Waals surface area contributed by atoms with Crippen molar-refractivity contribution in [1.82, 2.24) is 10.6 Å². The molecule has 1 aliphatic rings. The van der Waals surface area contributed by atoms with Crippen molar-refractivity contribution in [2.75, 3.05) is 6.54 Å². The van der Waals surface area contributed by atoms with E-state index in [0.29, 0.717) is 10.6 Å². The van der Waals surface area contributed by atoms with E-state index >= 15 is 0 Å². The van der Waals surface area contributed by atoms with Gasteiger partial charge in [0, 0.05) is 10.9 Å². The van der Waals surface area contributed by atoms with Gasteiger partial charge in [-0.1, -0.05) is 31.7 Å². The number of hydrogen-bond acceptors (Lipinski definition) is 5. The zero-order valence-corrected chi connectivity index (χ0v) is 15.4. The second kappa shape index (κ2) is 8.51. The number of carbonyl (C=O) groups excluding carboxylic acids is 2. The molecule has 2 amide bonds. The minimum absolute atomic E-state index is 0.0528. The molecule has 0 aromatic carbocycles. The first-order valence-corrected chi connectivity index (χ1v) is 9.86. The molecule has 1 fully saturated rings. The number of hydrogen-bond donors (Lipinski definition) is 3. The molecule has 2 heterocycles. The Morgan fingerprint density at radius 3 is 2.54 bits per heavy atom. The SMILES string of the molecule is O=C(NCC(O)(c1ccco1)c1cccs1)C(=O)NC1CCCCCC1. The quantitative estimate of drug-likeness (QED) is 0.552. The summed E-state index contributed by atoms with van der Waals surface area (Å²) in [4.78, 5) is 25.1. The van der Waals surface area contributed by atoms with Crippen LogP contribution >= 0.6 is 11.3 Å². The van der Waals surface area contributed by atoms with Crippen LogP contribution in [0.4, 0.5) is 0 Å². The van der Waals surface area contributed by atoms with Gasteiger partial charge in [0.05, 0.1) is 12.8 Å². The summed E-state index contributed by atoms with van der Waals surface area (Å²) in [6, 6.07) is 6.96. The van der Waals surface area contributed by atoms with Crippen molar-refractivity contribution in [3.05, 3.63) is 46.5 Å². The van der Waals surface area contributed by atoms with Crippen LogP contribution in [-0.2, 0) is 15.2 Å². The monoisotopic (exact) mass is 376 g/mol. The lowest BCUT2D eigenvalue weighted by atomic mass is 9.98. The van der Waals surface area contributed by atoms with Gasteiger partial charge in [-0.15, -0.1) is 11.3 Å². The Morgan fingerprint density at radius 2 is 1.92 bits per heavy atom. The predicted octanol–water partition coefficient (Wildman–Crippen LogP) is 2.53. The Labute approximate surface area is 156 Å². The summed E-state index contributed by atoms with van der Waals surface area (Å²) in [6.07, 6.45) is 7.78. The maximum absolute atomic E-state index is 12.2. The van der Waals surface area contributed by atoms with Gasteiger partial charge in [0.15, 0.2) is 5.60 Å². The molecule has 0 saturated heterocycles. The molecule has 2 aromatic heterocycles. The molecule has 0 radical (unpaired) electrons. The summed E-state index contributed by atoms with van der Waals surface area (Å²) >= 11 is 1.36. The maximum Gasteiger partial charge on any atom is 0.309 e. The first-order valence-electron chi connectivity index (χ1n) is 8.98. The summed E-state index contributed by atoms with van der Waals surface area (Å²) in [7, 11) is 0. The minimum atomic E-state index is -1.50. The van der Waals surface area contributed by atoms with E-state index in [1.165, 1.54) is 30.4 Å². The van der Waals surface area contributed by atoms with Crippen LogP contribution < -0.4 is 10.6 Å². The maximum atomic E-state index is 12.2. The second-order valence-electron chi connectivity index (χ2n) is 6.66. The number of nitrogens with one attached hydrogen (secondary N) is 2. The van der Waals surface area contributed by atoms with Crippen molar-refractivity contribution in [3.63, 3.8) is 0 Å². The molecule has 3 N–H and O–H groups in total. The van der Waals surface area contributed by atoms with Crippen molar-refractivity contribution in [1.29, 1.82) is 0 Å². The summed E-state index contributed by atoms with van der Waals surface area (Å²) in [5.41, 5.74) is -1.50. The van der Waals surface area contributed by atoms with Crippen LogP contribution in [0.5, 0.6) is 0 Å². The fourth-order valence-corrected chi connectivity index (χ4v) is 4.12. The fraction of sp³-hybridized carbons (Fsp3) is 0.474. The summed E-state index contributed by atoms with van der Waals surface area (Å²) in [6.45, 7) is -0.141. The third kappa shape index (κ3) is 4.34. The Balaban J connectivity index is 1.62. The normalized spacial score (nSPS) is 17.9. The Hall–Kier alpha value is -2.12. The molecular formula is C19H24N2O4S. The summed E-state index contributed by atoms with van der Waals surface area (Å²) in [5, 5.41) is 18.3. The van der Waals surface area contributed by atoms with E-state index in [1.54, 1.807) is 18.2 Å². The molecule has 1 saturated carbocycles. The second-order valence-corrected chi connectivity index (χ2v) is 7.61. The third-order valence-corrected chi connectivity index (χ3v) is 5.78. The fourth-order valence-electron chi connectivity index (χ4n) is 3.29. The van der Waals surface area contributed by atoms with E-state index in [1.807, 2.05) is 11.4 Å². The first kappa shape index (κ1) is 18.7. The van der Waals surface area contributed by atoms with E-state index < -0.39 is 17.4 Å². The molecule has 3 rings (SSSR count). The van der Waals surface area contributed by atoms with Gasteiger partial charge in [-0.2, -0.15) is 0 Å². The number of carbonyl (C=O) groups is 2. The number of thiophene rings is 1. The zero-order valence-electron chi connectivity index (χ0n) is 14.6. The van der Waals surface area contributed by atoms with Crippen molar-refractivity contribution >= 4 is 23.2 Å². The zero-order chi connectivity index (χ0) is 18.4. The van der Waals surface area contributed by atoms with Gasteiger partial charge in [-0.3, -0.25) is 9.59 Å². The molecule has 140 valence electrons. The van der Waals surface area contributed by atoms with Crippen molar-refractivity contribution in [2.24, 2.45) is 0 Å². The molecule has 1 unspecified atom stereocenters. The topological polar surface area (TPSA) is 91.6 Å². The van der Waals surface area contributed by atoms with Crippen LogP contribution in [0.2, 0.25) is 0 Å². The van der Waals surface area contributed by atoms with E-state index in [4.69, 9.17) is 4.42 Å². The number of rotatable bonds is 5. The van der Waals surface area contributed by atoms with Gasteiger partial charge in [0.1, 0.15) is 5.76 Å². The molecule has 1 aliphatic carbocycles. The highest BCUT2D eigenvalue weighted by molar-refractivity contribution is 7.10. The van der Waals surface area contributed by atoms with Gasteiger partial charge in [-0.25, -0.2) is 0 Å². The van der Waals surface area contributed by atoms with Crippen molar-refractivity contribution in [2.45, 2.75) is 50.2 Å². The Kier molecular flexibility index (Phi) is 6.11. The number of amides is 2. The van der Waals surface area contributed by atoms with Crippen LogP contribution in [0, 0.1) is 0 Å². The van der Waals surface area contributed by atoms with Gasteiger partial charge in [0.2, 0.25) is 0 Å². The lowest BCUT2D eigenvalue weighted by Crippen LogP contribution is -2.48. The average molecular weight is 376 g/mol. The predicted molar refractivity (Wildman–Crippen MR) is 98.7 cm³/mol. The smallest absolute Gasteiger partial charge is 0.309 e. The van der Waals surface area contributed by atoms with Crippen LogP contribution in [-0.4, -0.2) is 29.5 Å². The van der Waals surface area contributed by atoms with E-state index in [0.717, 1.165) is 25.7 Å². The lowest BCUT2D eigenvalue weighted by Gasteiger charge is -2.25. The minimum Gasteiger partial charge on any atom is -0.466 e. The molecule has 1 atom stereocenters. The first-order chi connectivity index (χ1) is 12.6. The van der Waals surface area contributed by atoms with E-state index in [-0.39, 0.29) is 12.6 Å². The van der Waals surface area contributed by atoms with Crippen LogP contribution in [0.25, 0.3) is 0 Å². The van der Waals surface area contributed by atoms with Gasteiger partial charge in [0.25, 0.3) is 0 Å². The van der Waals surface area contributed by atoms with E-state index in [2.05, 4.69) is 10.6 Å². The molecule has 26 heavy (non-hydrogen) atoms. The highest BCUT2D eigenvalue weighted by Gasteiger charge is 2.36. The largest absolute Gasteiger partial charge is 0.466 e.